The van der Waals surface area contributed by atoms with Gasteiger partial charge in [-0.1, -0.05) is 6.92 Å². The highest BCUT2D eigenvalue weighted by atomic mass is 15.3. The van der Waals surface area contributed by atoms with Crippen LogP contribution in [0.25, 0.3) is 0 Å². The molecule has 2 saturated heterocycles. The van der Waals surface area contributed by atoms with Crippen molar-refractivity contribution >= 4 is 5.96 Å². The molecule has 0 bridgehead atoms. The maximum Gasteiger partial charge on any atom is 0.191 e. The number of hydrogen-bond donors (Lipinski definition) is 2. The van der Waals surface area contributed by atoms with Crippen molar-refractivity contribution in [2.24, 2.45) is 4.99 Å². The lowest BCUT2D eigenvalue weighted by atomic mass is 10.0. The Morgan fingerprint density at radius 2 is 1.62 bits per heavy atom. The standard InChI is InChI=1S/C20H42N6/c1-6-21-20(23-19-8-10-25(11-9-19)17(3)4)22-16-18(5)26-14-12-24(7-2)13-15-26/h17-19H,6-16H2,1-5H3,(H2,21,22,23). The van der Waals surface area contributed by atoms with E-state index in [4.69, 9.17) is 4.99 Å². The second-order valence-corrected chi connectivity index (χ2v) is 8.09. The second kappa shape index (κ2) is 11.1. The maximum atomic E-state index is 4.90. The molecule has 2 aliphatic rings. The van der Waals surface area contributed by atoms with E-state index in [1.165, 1.54) is 58.7 Å². The van der Waals surface area contributed by atoms with Crippen molar-refractivity contribution in [1.82, 2.24) is 25.3 Å². The van der Waals surface area contributed by atoms with E-state index in [0.717, 1.165) is 19.0 Å². The summed E-state index contributed by atoms with van der Waals surface area (Å²) >= 11 is 0. The fourth-order valence-corrected chi connectivity index (χ4v) is 3.93. The van der Waals surface area contributed by atoms with Crippen LogP contribution in [0, 0.1) is 0 Å². The first-order valence-corrected chi connectivity index (χ1v) is 10.8. The average Bonchev–Trinajstić information content (AvgIpc) is 2.66. The Labute approximate surface area is 161 Å². The van der Waals surface area contributed by atoms with Crippen LogP contribution in [0.2, 0.25) is 0 Å². The fraction of sp³-hybridized carbons (Fsp3) is 0.950. The van der Waals surface area contributed by atoms with Crippen LogP contribution in [0.4, 0.5) is 0 Å². The summed E-state index contributed by atoms with van der Waals surface area (Å²) in [6, 6.07) is 1.71. The van der Waals surface area contributed by atoms with Gasteiger partial charge in [0.05, 0.1) is 6.54 Å². The van der Waals surface area contributed by atoms with Gasteiger partial charge >= 0.3 is 0 Å². The Morgan fingerprint density at radius 1 is 0.962 bits per heavy atom. The van der Waals surface area contributed by atoms with E-state index in [9.17, 15) is 0 Å². The molecule has 0 amide bonds. The van der Waals surface area contributed by atoms with Gasteiger partial charge < -0.3 is 20.4 Å². The summed E-state index contributed by atoms with van der Waals surface area (Å²) in [4.78, 5) is 12.6. The molecule has 0 saturated carbocycles. The summed E-state index contributed by atoms with van der Waals surface area (Å²) in [6.07, 6.45) is 2.41. The van der Waals surface area contributed by atoms with Crippen molar-refractivity contribution in [3.8, 4) is 0 Å². The smallest absolute Gasteiger partial charge is 0.191 e. The lowest BCUT2D eigenvalue weighted by Crippen LogP contribution is -2.51. The van der Waals surface area contributed by atoms with Crippen LogP contribution in [0.15, 0.2) is 4.99 Å². The number of guanidine groups is 1. The van der Waals surface area contributed by atoms with Crippen LogP contribution in [0.5, 0.6) is 0 Å². The zero-order valence-corrected chi connectivity index (χ0v) is 17.8. The van der Waals surface area contributed by atoms with E-state index in [-0.39, 0.29) is 0 Å². The summed E-state index contributed by atoms with van der Waals surface area (Å²) < 4.78 is 0. The second-order valence-electron chi connectivity index (χ2n) is 8.09. The molecule has 0 aromatic carbocycles. The average molecular weight is 367 g/mol. The number of nitrogens with zero attached hydrogens (tertiary/aromatic N) is 4. The summed E-state index contributed by atoms with van der Waals surface area (Å²) in [5, 5.41) is 7.11. The number of nitrogens with one attached hydrogen (secondary N) is 2. The topological polar surface area (TPSA) is 46.1 Å². The molecule has 152 valence electrons. The maximum absolute atomic E-state index is 4.90. The van der Waals surface area contributed by atoms with Gasteiger partial charge in [-0.2, -0.15) is 0 Å². The molecule has 0 aliphatic carbocycles. The van der Waals surface area contributed by atoms with Gasteiger partial charge in [0, 0.05) is 63.9 Å². The lowest BCUT2D eigenvalue weighted by Gasteiger charge is -2.37. The first-order chi connectivity index (χ1) is 12.5. The molecule has 0 aromatic rings. The highest BCUT2D eigenvalue weighted by Crippen LogP contribution is 2.13. The molecular weight excluding hydrogens is 324 g/mol. The zero-order chi connectivity index (χ0) is 18.9. The van der Waals surface area contributed by atoms with Gasteiger partial charge in [0.25, 0.3) is 0 Å². The van der Waals surface area contributed by atoms with Gasteiger partial charge in [0.2, 0.25) is 0 Å². The lowest BCUT2D eigenvalue weighted by molar-refractivity contribution is 0.109. The summed E-state index contributed by atoms with van der Waals surface area (Å²) in [7, 11) is 0. The Kier molecular flexibility index (Phi) is 9.16. The van der Waals surface area contributed by atoms with Crippen molar-refractivity contribution in [3.05, 3.63) is 0 Å². The predicted molar refractivity (Wildman–Crippen MR) is 112 cm³/mol. The van der Waals surface area contributed by atoms with Crippen LogP contribution in [0.3, 0.4) is 0 Å². The molecule has 1 atom stereocenters. The molecule has 2 fully saturated rings. The molecule has 0 radical (unpaired) electrons. The first kappa shape index (κ1) is 21.5. The van der Waals surface area contributed by atoms with Gasteiger partial charge in [0.1, 0.15) is 0 Å². The van der Waals surface area contributed by atoms with Crippen LogP contribution in [0.1, 0.15) is 47.5 Å². The van der Waals surface area contributed by atoms with E-state index in [1.54, 1.807) is 0 Å². The monoisotopic (exact) mass is 366 g/mol. The van der Waals surface area contributed by atoms with E-state index in [1.807, 2.05) is 0 Å². The van der Waals surface area contributed by atoms with Gasteiger partial charge in [-0.3, -0.25) is 9.89 Å². The summed E-state index contributed by atoms with van der Waals surface area (Å²) in [6.45, 7) is 21.3. The first-order valence-electron chi connectivity index (χ1n) is 10.8. The van der Waals surface area contributed by atoms with Crippen molar-refractivity contribution in [1.29, 1.82) is 0 Å². The van der Waals surface area contributed by atoms with Crippen molar-refractivity contribution in [3.63, 3.8) is 0 Å². The number of likely N-dealkylation sites (N-methyl/N-ethyl adjacent to an activating group) is 1. The third-order valence-corrected chi connectivity index (χ3v) is 5.94. The Bertz CT molecular complexity index is 409. The van der Waals surface area contributed by atoms with Gasteiger partial charge in [-0.25, -0.2) is 0 Å². The number of hydrogen-bond acceptors (Lipinski definition) is 4. The number of aliphatic imine (C=N–C) groups is 1. The molecule has 2 N–H and O–H groups in total. The molecule has 2 aliphatic heterocycles. The van der Waals surface area contributed by atoms with Gasteiger partial charge in [-0.05, 0) is 47.1 Å². The molecule has 26 heavy (non-hydrogen) atoms. The Balaban J connectivity index is 1.79. The Hall–Kier alpha value is -0.850. The summed E-state index contributed by atoms with van der Waals surface area (Å²) in [5.74, 6) is 0.995. The number of rotatable bonds is 7. The van der Waals surface area contributed by atoms with Crippen LogP contribution < -0.4 is 10.6 Å². The van der Waals surface area contributed by atoms with Crippen molar-refractivity contribution in [2.45, 2.75) is 65.6 Å². The minimum absolute atomic E-state index is 0.507. The number of piperidine rings is 1. The Morgan fingerprint density at radius 3 is 2.15 bits per heavy atom. The van der Waals surface area contributed by atoms with E-state index >= 15 is 0 Å². The minimum atomic E-state index is 0.507. The highest BCUT2D eigenvalue weighted by Gasteiger charge is 2.22. The van der Waals surface area contributed by atoms with Crippen molar-refractivity contribution in [2.75, 3.05) is 58.9 Å². The minimum Gasteiger partial charge on any atom is -0.357 e. The van der Waals surface area contributed by atoms with E-state index < -0.39 is 0 Å². The largest absolute Gasteiger partial charge is 0.357 e. The molecule has 0 aromatic heterocycles. The van der Waals surface area contributed by atoms with Crippen LogP contribution in [-0.2, 0) is 0 Å². The number of piperazine rings is 1. The van der Waals surface area contributed by atoms with Gasteiger partial charge in [-0.15, -0.1) is 0 Å². The van der Waals surface area contributed by atoms with Crippen LogP contribution >= 0.6 is 0 Å². The summed E-state index contributed by atoms with van der Waals surface area (Å²) in [5.41, 5.74) is 0. The SMILES string of the molecule is CCNC(=NCC(C)N1CCN(CC)CC1)NC1CCN(C(C)C)CC1. The zero-order valence-electron chi connectivity index (χ0n) is 17.8. The third-order valence-electron chi connectivity index (χ3n) is 5.94. The van der Waals surface area contributed by atoms with Crippen molar-refractivity contribution < 1.29 is 0 Å². The van der Waals surface area contributed by atoms with E-state index in [0.29, 0.717) is 18.1 Å². The molecule has 6 nitrogen and oxygen atoms in total. The van der Waals surface area contributed by atoms with Gasteiger partial charge in [0.15, 0.2) is 5.96 Å². The fourth-order valence-electron chi connectivity index (χ4n) is 3.93. The molecule has 1 unspecified atom stereocenters. The molecule has 2 heterocycles. The molecule has 6 heteroatoms. The quantitative estimate of drug-likeness (QED) is 0.527. The highest BCUT2D eigenvalue weighted by molar-refractivity contribution is 5.80. The predicted octanol–water partition coefficient (Wildman–Crippen LogP) is 1.44. The molecule has 2 rings (SSSR count). The third kappa shape index (κ3) is 6.71. The van der Waals surface area contributed by atoms with Crippen LogP contribution in [-0.4, -0.2) is 97.7 Å². The van der Waals surface area contributed by atoms with E-state index in [2.05, 4.69) is 60.0 Å². The molecule has 0 spiro atoms. The molecular formula is C20H42N6. The number of likely N-dealkylation sites (tertiary alicyclic amines) is 1. The normalized spacial score (nSPS) is 23.4.